The summed E-state index contributed by atoms with van der Waals surface area (Å²) in [6.07, 6.45) is 0. The number of fused-ring (bicyclic) bond motifs is 1. The van der Waals surface area contributed by atoms with Gasteiger partial charge < -0.3 is 0 Å². The molecule has 5 rings (SSSR count). The van der Waals surface area contributed by atoms with Crippen molar-refractivity contribution in [3.8, 4) is 22.7 Å². The van der Waals surface area contributed by atoms with Gasteiger partial charge in [-0.15, -0.1) is 0 Å². The monoisotopic (exact) mass is 413 g/mol. The van der Waals surface area contributed by atoms with E-state index < -0.39 is 7.26 Å². The minimum absolute atomic E-state index is 1.06. The maximum Gasteiger partial charge on any atom is 0.189 e. The molecular weight excluding hydrogens is 391 g/mol. The van der Waals surface area contributed by atoms with Gasteiger partial charge in [0.2, 0.25) is 0 Å². The number of hydrogen-bond donors (Lipinski definition) is 0. The van der Waals surface area contributed by atoms with E-state index in [0.29, 0.717) is 0 Å². The van der Waals surface area contributed by atoms with Gasteiger partial charge in [-0.25, -0.2) is 0 Å². The third kappa shape index (κ3) is 3.77. The summed E-state index contributed by atoms with van der Waals surface area (Å²) >= 11 is 0. The van der Waals surface area contributed by atoms with E-state index in [-0.39, 0.29) is 0 Å². The van der Waals surface area contributed by atoms with Crippen molar-refractivity contribution in [3.63, 3.8) is 0 Å². The lowest BCUT2D eigenvalue weighted by Crippen LogP contribution is -2.29. The highest BCUT2D eigenvalue weighted by atomic mass is 31.2. The number of rotatable bonds is 3. The van der Waals surface area contributed by atoms with Crippen LogP contribution in [0.25, 0.3) is 11.1 Å². The molecule has 2 aliphatic carbocycles. The predicted molar refractivity (Wildman–Crippen MR) is 135 cm³/mol. The molecule has 0 amide bonds. The molecule has 0 saturated heterocycles. The summed E-state index contributed by atoms with van der Waals surface area (Å²) in [6, 6.07) is 47.2. The fourth-order valence-electron chi connectivity index (χ4n) is 4.03. The van der Waals surface area contributed by atoms with E-state index in [1.165, 1.54) is 27.0 Å². The van der Waals surface area contributed by atoms with Gasteiger partial charge in [-0.3, -0.25) is 0 Å². The largest absolute Gasteiger partial charge is 0.189 e. The van der Waals surface area contributed by atoms with Gasteiger partial charge in [-0.2, -0.15) is 0 Å². The fraction of sp³-hybridized carbons (Fsp3) is 0. The Labute approximate surface area is 184 Å². The Morgan fingerprint density at radius 1 is 0.419 bits per heavy atom. The highest BCUT2D eigenvalue weighted by Gasteiger charge is 2.44. The molecule has 1 heteroatoms. The Hall–Kier alpha value is -3.65. The molecule has 0 N–H and O–H groups in total. The minimum atomic E-state index is -2.14. The molecule has 3 aromatic carbocycles. The molecule has 0 heterocycles. The maximum atomic E-state index is 3.83. The van der Waals surface area contributed by atoms with Gasteiger partial charge in [0.05, 0.1) is 5.66 Å². The molecule has 0 spiro atoms. The van der Waals surface area contributed by atoms with Gasteiger partial charge in [0.15, 0.2) is 7.26 Å². The predicted octanol–water partition coefficient (Wildman–Crippen LogP) is 6.09. The Morgan fingerprint density at radius 3 is 1.16 bits per heavy atom. The van der Waals surface area contributed by atoms with Crippen LogP contribution in [0.15, 0.2) is 133 Å². The smallest absolute Gasteiger partial charge is 0.0622 e. The molecule has 0 nitrogen and oxygen atoms in total. The molecule has 146 valence electrons. The van der Waals surface area contributed by atoms with Crippen molar-refractivity contribution in [1.29, 1.82) is 0 Å². The molecule has 0 atom stereocenters. The molecule has 0 fully saturated rings. The lowest BCUT2D eigenvalue weighted by Gasteiger charge is -2.21. The first-order valence-electron chi connectivity index (χ1n) is 10.4. The summed E-state index contributed by atoms with van der Waals surface area (Å²) in [5, 5.41) is 3.84. The third-order valence-electron chi connectivity index (χ3n) is 5.53. The van der Waals surface area contributed by atoms with Crippen molar-refractivity contribution >= 4 is 23.2 Å². The van der Waals surface area contributed by atoms with Gasteiger partial charge in [-0.05, 0) is 65.6 Å². The van der Waals surface area contributed by atoms with Crippen LogP contribution in [0.5, 0.6) is 0 Å². The van der Waals surface area contributed by atoms with Crippen molar-refractivity contribution in [2.75, 3.05) is 0 Å². The van der Waals surface area contributed by atoms with E-state index in [9.17, 15) is 0 Å². The van der Waals surface area contributed by atoms with Gasteiger partial charge >= 0.3 is 0 Å². The van der Waals surface area contributed by atoms with Crippen LogP contribution < -0.4 is 15.9 Å². The van der Waals surface area contributed by atoms with E-state index in [1.54, 1.807) is 0 Å². The second-order valence-electron chi connectivity index (χ2n) is 7.48. The Morgan fingerprint density at radius 2 is 0.774 bits per heavy atom. The zero-order valence-corrected chi connectivity index (χ0v) is 18.0. The number of hydrogen-bond acceptors (Lipinski definition) is 0. The first-order valence-corrected chi connectivity index (χ1v) is 12.2. The lowest BCUT2D eigenvalue weighted by atomic mass is 10.2. The molecule has 0 aliphatic heterocycles. The lowest BCUT2D eigenvalue weighted by molar-refractivity contribution is 1.73. The fourth-order valence-corrected chi connectivity index (χ4v) is 7.47. The summed E-state index contributed by atoms with van der Waals surface area (Å²) in [5.74, 6) is 3.58. The van der Waals surface area contributed by atoms with Crippen molar-refractivity contribution < 1.29 is 0 Å². The molecule has 0 bridgehead atoms. The standard InChI is InChI=1S/C30H22P/c1-5-13-26-23-25(24-27(26)14-6-1)21-22-31(28-15-7-2-8-16-28,29-17-9-3-10-18-29)30-19-11-4-12-20-30/h1-20,23-24H/q+1. The van der Waals surface area contributed by atoms with E-state index >= 15 is 0 Å². The molecule has 2 aliphatic rings. The Kier molecular flexibility index (Phi) is 5.37. The SMILES string of the molecule is C(#C[P+](c1ccccc1)(c1ccccc1)c1ccccc1)c1cc2cccccc-2c1. The summed E-state index contributed by atoms with van der Waals surface area (Å²) in [6.45, 7) is 0. The topological polar surface area (TPSA) is 0 Å². The van der Waals surface area contributed by atoms with Gasteiger partial charge in [0.1, 0.15) is 15.9 Å². The molecule has 0 saturated carbocycles. The van der Waals surface area contributed by atoms with E-state index in [4.69, 9.17) is 0 Å². The summed E-state index contributed by atoms with van der Waals surface area (Å²) in [4.78, 5) is 0. The quantitative estimate of drug-likeness (QED) is 0.248. The van der Waals surface area contributed by atoms with Crippen molar-refractivity contribution in [3.05, 3.63) is 139 Å². The summed E-state index contributed by atoms with van der Waals surface area (Å²) < 4.78 is 0. The molecule has 0 aromatic heterocycles. The molecular formula is C30H22P+. The van der Waals surface area contributed by atoms with E-state index in [1.807, 2.05) is 0 Å². The average Bonchev–Trinajstić information content (AvgIpc) is 3.10. The van der Waals surface area contributed by atoms with Crippen molar-refractivity contribution in [2.45, 2.75) is 0 Å². The molecule has 0 unspecified atom stereocenters. The number of benzene rings is 3. The molecule has 0 radical (unpaired) electrons. The van der Waals surface area contributed by atoms with Crippen LogP contribution in [0.1, 0.15) is 5.56 Å². The van der Waals surface area contributed by atoms with Gasteiger partial charge in [0.25, 0.3) is 0 Å². The Bertz CT molecular complexity index is 1190. The van der Waals surface area contributed by atoms with E-state index in [2.05, 4.69) is 145 Å². The maximum absolute atomic E-state index is 3.83. The first kappa shape index (κ1) is 19.3. The van der Waals surface area contributed by atoms with Gasteiger partial charge in [-0.1, -0.05) is 84.9 Å². The highest BCUT2D eigenvalue weighted by molar-refractivity contribution is 7.99. The van der Waals surface area contributed by atoms with Crippen LogP contribution in [0.2, 0.25) is 0 Å². The van der Waals surface area contributed by atoms with Crippen LogP contribution in [-0.2, 0) is 0 Å². The second kappa shape index (κ2) is 8.61. The van der Waals surface area contributed by atoms with Crippen molar-refractivity contribution in [1.82, 2.24) is 0 Å². The minimum Gasteiger partial charge on any atom is -0.0622 e. The zero-order chi connectivity index (χ0) is 20.9. The molecule has 31 heavy (non-hydrogen) atoms. The van der Waals surface area contributed by atoms with Crippen molar-refractivity contribution in [2.24, 2.45) is 0 Å². The highest BCUT2D eigenvalue weighted by Crippen LogP contribution is 2.54. The Balaban J connectivity index is 1.77. The average molecular weight is 413 g/mol. The third-order valence-corrected chi connectivity index (χ3v) is 9.19. The van der Waals surface area contributed by atoms with Crippen LogP contribution >= 0.6 is 7.26 Å². The first-order chi connectivity index (χ1) is 15.4. The summed E-state index contributed by atoms with van der Waals surface area (Å²) in [5.41, 5.74) is 7.33. The summed E-state index contributed by atoms with van der Waals surface area (Å²) in [7, 11) is -2.14. The van der Waals surface area contributed by atoms with Crippen LogP contribution in [0.3, 0.4) is 0 Å². The van der Waals surface area contributed by atoms with Crippen LogP contribution in [0.4, 0.5) is 0 Å². The van der Waals surface area contributed by atoms with Gasteiger partial charge in [0, 0.05) is 5.56 Å². The molecule has 3 aromatic rings. The normalized spacial score (nSPS) is 11.0. The van der Waals surface area contributed by atoms with Crippen LogP contribution in [-0.4, -0.2) is 0 Å². The van der Waals surface area contributed by atoms with E-state index in [0.717, 1.165) is 5.56 Å². The van der Waals surface area contributed by atoms with Crippen LogP contribution in [0, 0.1) is 11.6 Å². The second-order valence-corrected chi connectivity index (χ2v) is 10.6. The zero-order valence-electron chi connectivity index (χ0n) is 17.1.